The number of aliphatic hydroxyl groups is 2. The first-order valence-electron chi connectivity index (χ1n) is 9.53. The summed E-state index contributed by atoms with van der Waals surface area (Å²) >= 11 is 0. The van der Waals surface area contributed by atoms with Gasteiger partial charge in [-0.2, -0.15) is 0 Å². The summed E-state index contributed by atoms with van der Waals surface area (Å²) in [5.74, 6) is 0.0990. The van der Waals surface area contributed by atoms with Crippen LogP contribution >= 0.6 is 0 Å². The molecule has 0 amide bonds. The van der Waals surface area contributed by atoms with Crippen LogP contribution in [0.5, 0.6) is 0 Å². The van der Waals surface area contributed by atoms with Crippen molar-refractivity contribution in [2.45, 2.75) is 90.7 Å². The van der Waals surface area contributed by atoms with Crippen molar-refractivity contribution < 1.29 is 14.3 Å². The van der Waals surface area contributed by atoms with Crippen molar-refractivity contribution in [3.8, 4) is 0 Å². The van der Waals surface area contributed by atoms with Crippen molar-refractivity contribution in [3.63, 3.8) is 0 Å². The maximum absolute atomic E-state index is 10.7. The zero-order chi connectivity index (χ0) is 17.7. The number of fused-ring (bicyclic) bond motifs is 1. The van der Waals surface area contributed by atoms with E-state index < -0.39 is 18.1 Å². The molecule has 1 fully saturated rings. The molecule has 2 nitrogen and oxygen atoms in total. The van der Waals surface area contributed by atoms with Gasteiger partial charge in [0.2, 0.25) is 0 Å². The quantitative estimate of drug-likeness (QED) is 0.759. The highest BCUT2D eigenvalue weighted by Gasteiger charge is 2.44. The molecule has 20 heavy (non-hydrogen) atoms. The van der Waals surface area contributed by atoms with E-state index in [1.54, 1.807) is 0 Å². The molecule has 0 saturated heterocycles. The first-order valence-corrected chi connectivity index (χ1v) is 8.03. The Kier molecular flexibility index (Phi) is 3.55. The number of hydrogen-bond donors (Lipinski definition) is 2. The lowest BCUT2D eigenvalue weighted by Gasteiger charge is -2.48. The van der Waals surface area contributed by atoms with Crippen LogP contribution in [0.15, 0.2) is 11.1 Å². The van der Waals surface area contributed by atoms with Crippen LogP contribution in [0, 0.1) is 11.3 Å². The van der Waals surface area contributed by atoms with E-state index in [0.717, 1.165) is 31.3 Å². The molecular weight excluding hydrogens is 248 g/mol. The fourth-order valence-electron chi connectivity index (χ4n) is 3.68. The SMILES string of the molecule is [2H]C1([2H])C[C@@]2(C)CC[C@@H](C(C)(C)O)CC2=C(CCCC)C1([2H])O. The topological polar surface area (TPSA) is 40.5 Å². The minimum Gasteiger partial charge on any atom is -0.390 e. The summed E-state index contributed by atoms with van der Waals surface area (Å²) in [6, 6.07) is 0. The number of hydrogen-bond acceptors (Lipinski definition) is 2. The van der Waals surface area contributed by atoms with Crippen LogP contribution in [0.3, 0.4) is 0 Å². The Morgan fingerprint density at radius 1 is 1.45 bits per heavy atom. The summed E-state index contributed by atoms with van der Waals surface area (Å²) in [6.45, 7) is 7.77. The van der Waals surface area contributed by atoms with E-state index in [9.17, 15) is 10.2 Å². The molecule has 0 aliphatic heterocycles. The van der Waals surface area contributed by atoms with Crippen molar-refractivity contribution in [1.82, 2.24) is 0 Å². The minimum absolute atomic E-state index is 0.0990. The van der Waals surface area contributed by atoms with Crippen molar-refractivity contribution in [2.24, 2.45) is 11.3 Å². The van der Waals surface area contributed by atoms with Gasteiger partial charge < -0.3 is 10.2 Å². The molecule has 0 radical (unpaired) electrons. The summed E-state index contributed by atoms with van der Waals surface area (Å²) in [5.41, 5.74) is 0.520. The molecule has 2 aliphatic rings. The van der Waals surface area contributed by atoms with E-state index in [0.29, 0.717) is 18.4 Å². The molecule has 0 spiro atoms. The van der Waals surface area contributed by atoms with Crippen molar-refractivity contribution in [1.29, 1.82) is 0 Å². The minimum atomic E-state index is -2.15. The van der Waals surface area contributed by atoms with Gasteiger partial charge in [-0.3, -0.25) is 0 Å². The smallest absolute Gasteiger partial charge is 0.0753 e. The third-order valence-corrected chi connectivity index (χ3v) is 5.30. The third kappa shape index (κ3) is 3.12. The molecule has 0 aromatic rings. The summed E-state index contributed by atoms with van der Waals surface area (Å²) in [6.07, 6.45) is 0.786. The molecule has 0 bridgehead atoms. The molecule has 2 heteroatoms. The fraction of sp³-hybridized carbons (Fsp3) is 0.889. The Morgan fingerprint density at radius 3 is 2.75 bits per heavy atom. The highest BCUT2D eigenvalue weighted by molar-refractivity contribution is 5.30. The average molecular weight is 283 g/mol. The molecule has 2 N–H and O–H groups in total. The Labute approximate surface area is 128 Å². The Balaban J connectivity index is 2.52. The standard InChI is InChI=1S/C18H32O2/c1-5-6-7-14-15-12-13(17(2,3)20)8-10-18(15,4)11-9-16(14)19/h13,16,19-20H,5-12H2,1-4H3/t13-,16?,18-/m1/s1/i9D2,16D. The number of unbranched alkanes of at least 4 members (excludes halogenated alkanes) is 1. The zero-order valence-electron chi connectivity index (χ0n) is 16.4. The van der Waals surface area contributed by atoms with E-state index in [2.05, 4.69) is 13.8 Å². The highest BCUT2D eigenvalue weighted by Crippen LogP contribution is 2.53. The second-order valence-electron chi connectivity index (χ2n) is 7.42. The summed E-state index contributed by atoms with van der Waals surface area (Å²) < 4.78 is 24.9. The molecule has 1 saturated carbocycles. The second kappa shape index (κ2) is 5.81. The highest BCUT2D eigenvalue weighted by atomic mass is 16.3. The maximum Gasteiger partial charge on any atom is 0.0753 e. The molecule has 1 unspecified atom stereocenters. The lowest BCUT2D eigenvalue weighted by Crippen LogP contribution is -2.41. The predicted octanol–water partition coefficient (Wildman–Crippen LogP) is 4.21. The number of rotatable bonds is 4. The van der Waals surface area contributed by atoms with Gasteiger partial charge in [-0.25, -0.2) is 0 Å². The van der Waals surface area contributed by atoms with Crippen molar-refractivity contribution in [3.05, 3.63) is 11.1 Å². The van der Waals surface area contributed by atoms with Crippen LogP contribution < -0.4 is 0 Å². The molecule has 2 aliphatic carbocycles. The molecule has 3 atom stereocenters. The van der Waals surface area contributed by atoms with E-state index in [-0.39, 0.29) is 17.8 Å². The third-order valence-electron chi connectivity index (χ3n) is 5.30. The zero-order valence-corrected chi connectivity index (χ0v) is 13.4. The van der Waals surface area contributed by atoms with Gasteiger partial charge in [-0.15, -0.1) is 0 Å². The molecule has 0 aromatic heterocycles. The Bertz CT molecular complexity index is 491. The molecule has 2 rings (SSSR count). The van der Waals surface area contributed by atoms with Gasteiger partial charge in [0, 0.05) is 2.74 Å². The largest absolute Gasteiger partial charge is 0.390 e. The summed E-state index contributed by atoms with van der Waals surface area (Å²) in [7, 11) is 0. The normalized spacial score (nSPS) is 43.5. The van der Waals surface area contributed by atoms with Crippen LogP contribution in [0.1, 0.15) is 83.1 Å². The van der Waals surface area contributed by atoms with Gasteiger partial charge in [-0.1, -0.05) is 25.8 Å². The molecule has 0 aromatic carbocycles. The average Bonchev–Trinajstić information content (AvgIpc) is 2.37. The van der Waals surface area contributed by atoms with Crippen molar-refractivity contribution in [2.75, 3.05) is 0 Å². The Hall–Kier alpha value is -0.340. The lowest BCUT2D eigenvalue weighted by molar-refractivity contribution is -0.00760. The van der Waals surface area contributed by atoms with Gasteiger partial charge in [0.1, 0.15) is 0 Å². The molecule has 0 heterocycles. The molecule has 116 valence electrons. The van der Waals surface area contributed by atoms with Crippen LogP contribution in [0.4, 0.5) is 0 Å². The van der Waals surface area contributed by atoms with E-state index in [1.165, 1.54) is 0 Å². The van der Waals surface area contributed by atoms with Crippen LogP contribution in [0.25, 0.3) is 0 Å². The van der Waals surface area contributed by atoms with Crippen LogP contribution in [-0.2, 0) is 0 Å². The van der Waals surface area contributed by atoms with Gasteiger partial charge in [0.25, 0.3) is 0 Å². The first-order chi connectivity index (χ1) is 10.4. The van der Waals surface area contributed by atoms with Crippen molar-refractivity contribution >= 4 is 0 Å². The number of allylic oxidation sites excluding steroid dienone is 1. The van der Waals surface area contributed by atoms with Gasteiger partial charge in [0.15, 0.2) is 0 Å². The van der Waals surface area contributed by atoms with Gasteiger partial charge in [0.05, 0.1) is 13.1 Å². The maximum atomic E-state index is 10.7. The predicted molar refractivity (Wildman–Crippen MR) is 83.5 cm³/mol. The monoisotopic (exact) mass is 283 g/mol. The summed E-state index contributed by atoms with van der Waals surface area (Å²) in [5, 5.41) is 21.1. The van der Waals surface area contributed by atoms with E-state index in [1.807, 2.05) is 13.8 Å². The Morgan fingerprint density at radius 2 is 2.15 bits per heavy atom. The van der Waals surface area contributed by atoms with Gasteiger partial charge >= 0.3 is 0 Å². The van der Waals surface area contributed by atoms with Gasteiger partial charge in [-0.05, 0) is 75.7 Å². The lowest BCUT2D eigenvalue weighted by atomic mass is 9.59. The fourth-order valence-corrected chi connectivity index (χ4v) is 3.68. The van der Waals surface area contributed by atoms with E-state index in [4.69, 9.17) is 4.11 Å². The summed E-state index contributed by atoms with van der Waals surface area (Å²) in [4.78, 5) is 0. The van der Waals surface area contributed by atoms with Crippen LogP contribution in [0.2, 0.25) is 0 Å². The van der Waals surface area contributed by atoms with Crippen LogP contribution in [-0.4, -0.2) is 21.9 Å². The second-order valence-corrected chi connectivity index (χ2v) is 7.42. The van der Waals surface area contributed by atoms with E-state index >= 15 is 0 Å². The molecular formula is C18H32O2. The first kappa shape index (κ1) is 12.2.